The predicted molar refractivity (Wildman–Crippen MR) is 54.0 cm³/mol. The number of alkyl halides is 3. The van der Waals surface area contributed by atoms with Crippen molar-refractivity contribution in [2.75, 3.05) is 6.54 Å². The van der Waals surface area contributed by atoms with E-state index in [9.17, 15) is 13.2 Å². The molecule has 1 aromatic heterocycles. The molecule has 0 aliphatic heterocycles. The first-order chi connectivity index (χ1) is 7.56. The molecule has 88 valence electrons. The van der Waals surface area contributed by atoms with E-state index in [4.69, 9.17) is 0 Å². The van der Waals surface area contributed by atoms with E-state index < -0.39 is 12.7 Å². The van der Waals surface area contributed by atoms with E-state index in [1.165, 1.54) is 0 Å². The Balaban J connectivity index is 2.07. The third-order valence-electron chi connectivity index (χ3n) is 2.74. The SMILES string of the molecule is FC(F)(F)CN[C@@H]1CCCc2cccnc21. The number of aryl methyl sites for hydroxylation is 1. The summed E-state index contributed by atoms with van der Waals surface area (Å²) in [5.74, 6) is 0. The highest BCUT2D eigenvalue weighted by atomic mass is 19.4. The minimum absolute atomic E-state index is 0.258. The second-order valence-electron chi connectivity index (χ2n) is 3.99. The van der Waals surface area contributed by atoms with E-state index in [-0.39, 0.29) is 6.04 Å². The maximum atomic E-state index is 12.1. The summed E-state index contributed by atoms with van der Waals surface area (Å²) in [6, 6.07) is 3.50. The lowest BCUT2D eigenvalue weighted by atomic mass is 9.92. The first-order valence-corrected chi connectivity index (χ1v) is 5.30. The van der Waals surface area contributed by atoms with Crippen LogP contribution in [0.25, 0.3) is 0 Å². The molecule has 0 aromatic carbocycles. The third-order valence-corrected chi connectivity index (χ3v) is 2.74. The monoisotopic (exact) mass is 230 g/mol. The minimum atomic E-state index is -4.16. The average molecular weight is 230 g/mol. The number of fused-ring (bicyclic) bond motifs is 1. The fourth-order valence-corrected chi connectivity index (χ4v) is 2.05. The quantitative estimate of drug-likeness (QED) is 0.844. The van der Waals surface area contributed by atoms with Crippen molar-refractivity contribution in [3.05, 3.63) is 29.6 Å². The lowest BCUT2D eigenvalue weighted by Crippen LogP contribution is -2.34. The normalized spacial score (nSPS) is 20.6. The fraction of sp³-hybridized carbons (Fsp3) is 0.545. The zero-order chi connectivity index (χ0) is 11.6. The maximum Gasteiger partial charge on any atom is 0.401 e. The lowest BCUT2D eigenvalue weighted by molar-refractivity contribution is -0.126. The van der Waals surface area contributed by atoms with Gasteiger partial charge in [-0.3, -0.25) is 4.98 Å². The van der Waals surface area contributed by atoms with Crippen LogP contribution in [-0.4, -0.2) is 17.7 Å². The van der Waals surface area contributed by atoms with Gasteiger partial charge >= 0.3 is 6.18 Å². The molecule has 0 amide bonds. The summed E-state index contributed by atoms with van der Waals surface area (Å²) >= 11 is 0. The molecule has 1 N–H and O–H groups in total. The molecule has 2 nitrogen and oxygen atoms in total. The summed E-state index contributed by atoms with van der Waals surface area (Å²) in [7, 11) is 0. The maximum absolute atomic E-state index is 12.1. The molecule has 0 saturated carbocycles. The van der Waals surface area contributed by atoms with Crippen LogP contribution in [0.2, 0.25) is 0 Å². The van der Waals surface area contributed by atoms with Gasteiger partial charge in [-0.15, -0.1) is 0 Å². The van der Waals surface area contributed by atoms with Crippen molar-refractivity contribution in [2.45, 2.75) is 31.5 Å². The van der Waals surface area contributed by atoms with Crippen molar-refractivity contribution in [3.8, 4) is 0 Å². The fourth-order valence-electron chi connectivity index (χ4n) is 2.05. The number of rotatable bonds is 2. The highest BCUT2D eigenvalue weighted by molar-refractivity contribution is 5.25. The van der Waals surface area contributed by atoms with Crippen molar-refractivity contribution in [2.24, 2.45) is 0 Å². The summed E-state index contributed by atoms with van der Waals surface area (Å²) in [5.41, 5.74) is 1.84. The predicted octanol–water partition coefficient (Wildman–Crippen LogP) is 2.61. The highest BCUT2D eigenvalue weighted by Crippen LogP contribution is 2.28. The van der Waals surface area contributed by atoms with E-state index in [0.717, 1.165) is 30.5 Å². The van der Waals surface area contributed by atoms with Gasteiger partial charge < -0.3 is 5.32 Å². The van der Waals surface area contributed by atoms with Crippen LogP contribution in [0.15, 0.2) is 18.3 Å². The highest BCUT2D eigenvalue weighted by Gasteiger charge is 2.30. The number of nitrogens with one attached hydrogen (secondary N) is 1. The zero-order valence-electron chi connectivity index (χ0n) is 8.72. The van der Waals surface area contributed by atoms with Crippen LogP contribution >= 0.6 is 0 Å². The average Bonchev–Trinajstić information content (AvgIpc) is 2.25. The smallest absolute Gasteiger partial charge is 0.300 e. The van der Waals surface area contributed by atoms with Crippen LogP contribution in [0.5, 0.6) is 0 Å². The second-order valence-corrected chi connectivity index (χ2v) is 3.99. The molecule has 0 fully saturated rings. The molecule has 1 aliphatic rings. The summed E-state index contributed by atoms with van der Waals surface area (Å²) in [5, 5.41) is 2.53. The van der Waals surface area contributed by atoms with Crippen molar-refractivity contribution < 1.29 is 13.2 Å². The summed E-state index contributed by atoms with van der Waals surface area (Å²) < 4.78 is 36.3. The Hall–Kier alpha value is -1.10. The standard InChI is InChI=1S/C11H13F3N2/c12-11(13,14)7-16-9-5-1-3-8-4-2-6-15-10(8)9/h2,4,6,9,16H,1,3,5,7H2/t9-/m1/s1. The van der Waals surface area contributed by atoms with E-state index in [1.54, 1.807) is 6.20 Å². The summed E-state index contributed by atoms with van der Waals surface area (Å²) in [6.07, 6.45) is 0.0144. The van der Waals surface area contributed by atoms with Crippen LogP contribution in [0.3, 0.4) is 0 Å². The Bertz CT molecular complexity index is 362. The third kappa shape index (κ3) is 2.72. The Kier molecular flexibility index (Phi) is 3.14. The van der Waals surface area contributed by atoms with Gasteiger partial charge in [0.2, 0.25) is 0 Å². The van der Waals surface area contributed by atoms with Gasteiger partial charge in [0.25, 0.3) is 0 Å². The molecule has 1 heterocycles. The Morgan fingerprint density at radius 2 is 2.25 bits per heavy atom. The van der Waals surface area contributed by atoms with Gasteiger partial charge in [-0.05, 0) is 30.9 Å². The molecule has 0 radical (unpaired) electrons. The van der Waals surface area contributed by atoms with E-state index in [0.29, 0.717) is 0 Å². The Morgan fingerprint density at radius 3 is 3.00 bits per heavy atom. The number of hydrogen-bond donors (Lipinski definition) is 1. The lowest BCUT2D eigenvalue weighted by Gasteiger charge is -2.25. The van der Waals surface area contributed by atoms with Crippen molar-refractivity contribution in [3.63, 3.8) is 0 Å². The van der Waals surface area contributed by atoms with E-state index >= 15 is 0 Å². The Labute approximate surface area is 91.9 Å². The van der Waals surface area contributed by atoms with Crippen LogP contribution in [0.4, 0.5) is 13.2 Å². The van der Waals surface area contributed by atoms with Gasteiger partial charge in [-0.1, -0.05) is 6.07 Å². The second kappa shape index (κ2) is 4.41. The van der Waals surface area contributed by atoms with Gasteiger partial charge in [0.15, 0.2) is 0 Å². The topological polar surface area (TPSA) is 24.9 Å². The molecule has 1 atom stereocenters. The van der Waals surface area contributed by atoms with Gasteiger partial charge in [-0.25, -0.2) is 0 Å². The molecule has 0 spiro atoms. The van der Waals surface area contributed by atoms with Gasteiger partial charge in [0, 0.05) is 6.20 Å². The molecule has 5 heteroatoms. The largest absolute Gasteiger partial charge is 0.401 e. The van der Waals surface area contributed by atoms with Crippen molar-refractivity contribution >= 4 is 0 Å². The number of aromatic nitrogens is 1. The van der Waals surface area contributed by atoms with E-state index in [1.807, 2.05) is 12.1 Å². The van der Waals surface area contributed by atoms with Crippen LogP contribution in [0, 0.1) is 0 Å². The number of nitrogens with zero attached hydrogens (tertiary/aromatic N) is 1. The molecule has 16 heavy (non-hydrogen) atoms. The number of pyridine rings is 1. The molecular formula is C11H13F3N2. The molecule has 2 rings (SSSR count). The summed E-state index contributed by atoms with van der Waals surface area (Å²) in [6.45, 7) is -0.951. The number of halogens is 3. The molecule has 0 saturated heterocycles. The van der Waals surface area contributed by atoms with Gasteiger partial charge in [0.05, 0.1) is 18.3 Å². The Morgan fingerprint density at radius 1 is 1.44 bits per heavy atom. The van der Waals surface area contributed by atoms with E-state index in [2.05, 4.69) is 10.3 Å². The van der Waals surface area contributed by atoms with Crippen LogP contribution in [-0.2, 0) is 6.42 Å². The van der Waals surface area contributed by atoms with Gasteiger partial charge in [0.1, 0.15) is 0 Å². The number of hydrogen-bond acceptors (Lipinski definition) is 2. The molecule has 0 unspecified atom stereocenters. The van der Waals surface area contributed by atoms with Gasteiger partial charge in [-0.2, -0.15) is 13.2 Å². The van der Waals surface area contributed by atoms with Crippen LogP contribution in [0.1, 0.15) is 30.1 Å². The molecule has 0 bridgehead atoms. The van der Waals surface area contributed by atoms with Crippen LogP contribution < -0.4 is 5.32 Å². The molecule has 1 aliphatic carbocycles. The first kappa shape index (κ1) is 11.4. The zero-order valence-corrected chi connectivity index (χ0v) is 8.72. The minimum Gasteiger partial charge on any atom is -0.300 e. The van der Waals surface area contributed by atoms with Crippen molar-refractivity contribution in [1.82, 2.24) is 10.3 Å². The molecule has 1 aromatic rings. The first-order valence-electron chi connectivity index (χ1n) is 5.30. The molecular weight excluding hydrogens is 217 g/mol. The summed E-state index contributed by atoms with van der Waals surface area (Å²) in [4.78, 5) is 4.17. The van der Waals surface area contributed by atoms with Crippen molar-refractivity contribution in [1.29, 1.82) is 0 Å².